The van der Waals surface area contributed by atoms with Gasteiger partial charge in [0, 0.05) is 17.8 Å². The smallest absolute Gasteiger partial charge is 0.230 e. The van der Waals surface area contributed by atoms with Gasteiger partial charge in [0.05, 0.1) is 11.4 Å². The van der Waals surface area contributed by atoms with Gasteiger partial charge in [-0.3, -0.25) is 4.79 Å². The standard InChI is InChI=1S/C22H23N3OS/c26-21(24-19-8-2-1-3-9-19)15-27-22-23-13-12-20(25-22)18-11-10-16-6-4-5-7-17(16)14-18/h4-7,10-14,19H,1-3,8-9,15H2,(H,24,26). The highest BCUT2D eigenvalue weighted by Crippen LogP contribution is 2.24. The molecule has 0 bridgehead atoms. The average Bonchev–Trinajstić information content (AvgIpc) is 2.73. The van der Waals surface area contributed by atoms with E-state index in [4.69, 9.17) is 0 Å². The molecule has 4 rings (SSSR count). The van der Waals surface area contributed by atoms with Gasteiger partial charge >= 0.3 is 0 Å². The van der Waals surface area contributed by atoms with Gasteiger partial charge in [-0.25, -0.2) is 9.97 Å². The first kappa shape index (κ1) is 18.0. The summed E-state index contributed by atoms with van der Waals surface area (Å²) in [6.07, 6.45) is 7.69. The van der Waals surface area contributed by atoms with Crippen molar-refractivity contribution in [1.29, 1.82) is 0 Å². The second-order valence-electron chi connectivity index (χ2n) is 6.98. The molecule has 0 unspecified atom stereocenters. The Morgan fingerprint density at radius 2 is 1.85 bits per heavy atom. The van der Waals surface area contributed by atoms with E-state index in [1.54, 1.807) is 6.20 Å². The monoisotopic (exact) mass is 377 g/mol. The highest BCUT2D eigenvalue weighted by atomic mass is 32.2. The largest absolute Gasteiger partial charge is 0.353 e. The Morgan fingerprint density at radius 1 is 1.04 bits per heavy atom. The van der Waals surface area contributed by atoms with Gasteiger partial charge in [0.2, 0.25) is 5.91 Å². The molecule has 1 aromatic heterocycles. The van der Waals surface area contributed by atoms with E-state index in [1.807, 2.05) is 18.2 Å². The van der Waals surface area contributed by atoms with E-state index in [0.717, 1.165) is 24.1 Å². The molecular formula is C22H23N3OS. The van der Waals surface area contributed by atoms with Crippen LogP contribution in [0.3, 0.4) is 0 Å². The molecular weight excluding hydrogens is 354 g/mol. The summed E-state index contributed by atoms with van der Waals surface area (Å²) in [5, 5.41) is 6.18. The third-order valence-corrected chi connectivity index (χ3v) is 5.84. The molecule has 5 heteroatoms. The van der Waals surface area contributed by atoms with Crippen molar-refractivity contribution in [3.05, 3.63) is 54.7 Å². The van der Waals surface area contributed by atoms with Gasteiger partial charge in [0.15, 0.2) is 5.16 Å². The van der Waals surface area contributed by atoms with E-state index in [1.165, 1.54) is 41.8 Å². The molecule has 27 heavy (non-hydrogen) atoms. The van der Waals surface area contributed by atoms with E-state index >= 15 is 0 Å². The first-order valence-corrected chi connectivity index (χ1v) is 10.5. The number of amides is 1. The summed E-state index contributed by atoms with van der Waals surface area (Å²) in [5.74, 6) is 0.434. The summed E-state index contributed by atoms with van der Waals surface area (Å²) in [5.41, 5.74) is 1.94. The minimum Gasteiger partial charge on any atom is -0.353 e. The maximum absolute atomic E-state index is 12.2. The number of hydrogen-bond acceptors (Lipinski definition) is 4. The number of nitrogens with one attached hydrogen (secondary N) is 1. The maximum Gasteiger partial charge on any atom is 0.230 e. The van der Waals surface area contributed by atoms with Crippen LogP contribution in [-0.2, 0) is 4.79 Å². The fourth-order valence-corrected chi connectivity index (χ4v) is 4.21. The van der Waals surface area contributed by atoms with Gasteiger partial charge < -0.3 is 5.32 Å². The van der Waals surface area contributed by atoms with Crippen LogP contribution in [-0.4, -0.2) is 27.7 Å². The molecule has 3 aromatic rings. The number of thioether (sulfide) groups is 1. The van der Waals surface area contributed by atoms with Gasteiger partial charge in [-0.05, 0) is 35.7 Å². The number of aromatic nitrogens is 2. The van der Waals surface area contributed by atoms with Crippen LogP contribution in [0.15, 0.2) is 59.9 Å². The molecule has 1 N–H and O–H groups in total. The molecule has 0 atom stereocenters. The third-order valence-electron chi connectivity index (χ3n) is 4.98. The molecule has 0 saturated heterocycles. The lowest BCUT2D eigenvalue weighted by atomic mass is 9.95. The average molecular weight is 378 g/mol. The van der Waals surface area contributed by atoms with Crippen molar-refractivity contribution in [2.75, 3.05) is 5.75 Å². The van der Waals surface area contributed by atoms with Gasteiger partial charge in [-0.15, -0.1) is 0 Å². The van der Waals surface area contributed by atoms with E-state index in [0.29, 0.717) is 17.0 Å². The van der Waals surface area contributed by atoms with E-state index in [-0.39, 0.29) is 5.91 Å². The Labute approximate surface area is 163 Å². The van der Waals surface area contributed by atoms with E-state index in [9.17, 15) is 4.79 Å². The summed E-state index contributed by atoms with van der Waals surface area (Å²) in [7, 11) is 0. The van der Waals surface area contributed by atoms with Gasteiger partial charge in [0.25, 0.3) is 0 Å². The fraction of sp³-hybridized carbons (Fsp3) is 0.318. The predicted octanol–water partition coefficient (Wildman–Crippen LogP) is 4.84. The molecule has 1 saturated carbocycles. The minimum absolute atomic E-state index is 0.0756. The number of nitrogens with zero attached hydrogens (tertiary/aromatic N) is 2. The Balaban J connectivity index is 1.41. The number of benzene rings is 2. The Morgan fingerprint density at radius 3 is 2.70 bits per heavy atom. The quantitative estimate of drug-likeness (QED) is 0.511. The Hall–Kier alpha value is -2.40. The zero-order valence-corrected chi connectivity index (χ0v) is 16.0. The second-order valence-corrected chi connectivity index (χ2v) is 7.92. The molecule has 1 aliphatic carbocycles. The highest BCUT2D eigenvalue weighted by Gasteiger charge is 2.16. The molecule has 1 amide bonds. The van der Waals surface area contributed by atoms with Gasteiger partial charge in [-0.2, -0.15) is 0 Å². The van der Waals surface area contributed by atoms with Crippen LogP contribution in [0.2, 0.25) is 0 Å². The Kier molecular flexibility index (Phi) is 5.68. The number of fused-ring (bicyclic) bond motifs is 1. The zero-order valence-electron chi connectivity index (χ0n) is 15.2. The van der Waals surface area contributed by atoms with Crippen LogP contribution in [0.25, 0.3) is 22.0 Å². The Bertz CT molecular complexity index is 937. The molecule has 138 valence electrons. The topological polar surface area (TPSA) is 54.9 Å². The fourth-order valence-electron chi connectivity index (χ4n) is 3.57. The summed E-state index contributed by atoms with van der Waals surface area (Å²) in [6.45, 7) is 0. The lowest BCUT2D eigenvalue weighted by Crippen LogP contribution is -2.37. The van der Waals surface area contributed by atoms with Crippen molar-refractivity contribution in [3.8, 4) is 11.3 Å². The van der Waals surface area contributed by atoms with E-state index < -0.39 is 0 Å². The lowest BCUT2D eigenvalue weighted by Gasteiger charge is -2.22. The molecule has 2 aromatic carbocycles. The number of hydrogen-bond donors (Lipinski definition) is 1. The summed E-state index contributed by atoms with van der Waals surface area (Å²) >= 11 is 1.40. The maximum atomic E-state index is 12.2. The number of rotatable bonds is 5. The lowest BCUT2D eigenvalue weighted by molar-refractivity contribution is -0.119. The van der Waals surface area contributed by atoms with Crippen LogP contribution in [0.5, 0.6) is 0 Å². The first-order chi connectivity index (χ1) is 13.3. The van der Waals surface area contributed by atoms with Crippen LogP contribution >= 0.6 is 11.8 Å². The van der Waals surface area contributed by atoms with Crippen LogP contribution in [0, 0.1) is 0 Å². The molecule has 4 nitrogen and oxygen atoms in total. The predicted molar refractivity (Wildman–Crippen MR) is 111 cm³/mol. The second kappa shape index (κ2) is 8.53. The molecule has 1 aliphatic rings. The van der Waals surface area contributed by atoms with Crippen molar-refractivity contribution < 1.29 is 4.79 Å². The molecule has 1 heterocycles. The molecule has 1 fully saturated rings. The van der Waals surface area contributed by atoms with Gasteiger partial charge in [0.1, 0.15) is 0 Å². The normalized spacial score (nSPS) is 15.0. The summed E-state index contributed by atoms with van der Waals surface area (Å²) < 4.78 is 0. The highest BCUT2D eigenvalue weighted by molar-refractivity contribution is 7.99. The molecule has 0 aliphatic heterocycles. The summed E-state index contributed by atoms with van der Waals surface area (Å²) in [4.78, 5) is 21.2. The third kappa shape index (κ3) is 4.66. The minimum atomic E-state index is 0.0756. The van der Waals surface area contributed by atoms with Crippen molar-refractivity contribution in [2.45, 2.75) is 43.3 Å². The first-order valence-electron chi connectivity index (χ1n) is 9.52. The summed E-state index contributed by atoms with van der Waals surface area (Å²) in [6, 6.07) is 16.9. The van der Waals surface area contributed by atoms with Crippen LogP contribution in [0.1, 0.15) is 32.1 Å². The van der Waals surface area contributed by atoms with Crippen molar-refractivity contribution in [2.24, 2.45) is 0 Å². The number of carbonyl (C=O) groups is 1. The van der Waals surface area contributed by atoms with Crippen LogP contribution in [0.4, 0.5) is 0 Å². The van der Waals surface area contributed by atoms with Crippen molar-refractivity contribution in [3.63, 3.8) is 0 Å². The van der Waals surface area contributed by atoms with E-state index in [2.05, 4.69) is 45.6 Å². The molecule has 0 spiro atoms. The van der Waals surface area contributed by atoms with Gasteiger partial charge in [-0.1, -0.05) is 67.4 Å². The van der Waals surface area contributed by atoms with Crippen molar-refractivity contribution in [1.82, 2.24) is 15.3 Å². The molecule has 0 radical (unpaired) electrons. The number of carbonyl (C=O) groups excluding carboxylic acids is 1. The SMILES string of the molecule is O=C(CSc1nccc(-c2ccc3ccccc3c2)n1)NC1CCCCC1. The van der Waals surface area contributed by atoms with Crippen LogP contribution < -0.4 is 5.32 Å². The van der Waals surface area contributed by atoms with Crippen molar-refractivity contribution >= 4 is 28.4 Å². The zero-order chi connectivity index (χ0) is 18.5.